The van der Waals surface area contributed by atoms with E-state index in [1.807, 2.05) is 0 Å². The summed E-state index contributed by atoms with van der Waals surface area (Å²) in [7, 11) is -3.52. The molecule has 5 nitrogen and oxygen atoms in total. The van der Waals surface area contributed by atoms with E-state index in [0.717, 1.165) is 26.4 Å². The van der Waals surface area contributed by atoms with Gasteiger partial charge in [0.25, 0.3) is 0 Å². The zero-order valence-corrected chi connectivity index (χ0v) is 22.8. The molecule has 7 heteroatoms. The van der Waals surface area contributed by atoms with Crippen LogP contribution >= 0.6 is 0 Å². The second-order valence-corrected chi connectivity index (χ2v) is 9.86. The maximum Gasteiger partial charge on any atom is 1.00 e. The normalized spacial score (nSPS) is 12.4. The summed E-state index contributed by atoms with van der Waals surface area (Å²) in [6.45, 7) is 2.26. The van der Waals surface area contributed by atoms with Crippen LogP contribution in [0.3, 0.4) is 0 Å². The summed E-state index contributed by atoms with van der Waals surface area (Å²) in [6.07, 6.45) is 22.6. The van der Waals surface area contributed by atoms with Crippen molar-refractivity contribution < 1.29 is 52.1 Å². The Morgan fingerprint density at radius 2 is 1.00 bits per heavy atom. The molecule has 0 aliphatic carbocycles. The molecule has 0 aromatic rings. The molecule has 0 aliphatic rings. The maximum absolute atomic E-state index is 11.4. The first kappa shape index (κ1) is 32.6. The van der Waals surface area contributed by atoms with Crippen LogP contribution in [0.2, 0.25) is 0 Å². The van der Waals surface area contributed by atoms with Crippen molar-refractivity contribution in [3.8, 4) is 0 Å². The van der Waals surface area contributed by atoms with E-state index >= 15 is 0 Å². The van der Waals surface area contributed by atoms with Gasteiger partial charge in [0.15, 0.2) is 0 Å². The van der Waals surface area contributed by atoms with Crippen molar-refractivity contribution in [3.05, 3.63) is 0 Å². The first-order chi connectivity index (χ1) is 13.9. The van der Waals surface area contributed by atoms with Crippen LogP contribution in [0.5, 0.6) is 0 Å². The monoisotopic (exact) mass is 456 g/mol. The summed E-state index contributed by atoms with van der Waals surface area (Å²) in [5, 5.41) is -1.55. The van der Waals surface area contributed by atoms with E-state index in [-0.39, 0.29) is 36.0 Å². The molecule has 0 amide bonds. The number of ether oxygens (including phenoxy) is 1. The van der Waals surface area contributed by atoms with Gasteiger partial charge in [0.2, 0.25) is 0 Å². The predicted octanol–water partition coefficient (Wildman–Crippen LogP) is 3.51. The zero-order valence-electron chi connectivity index (χ0n) is 20.0. The molecular weight excluding hydrogens is 411 g/mol. The molecule has 30 heavy (non-hydrogen) atoms. The molecule has 0 spiro atoms. The summed E-state index contributed by atoms with van der Waals surface area (Å²) in [6, 6.07) is 0. The van der Waals surface area contributed by atoms with Crippen LogP contribution < -0.4 is 29.6 Å². The van der Waals surface area contributed by atoms with E-state index in [0.29, 0.717) is 6.42 Å². The fourth-order valence-corrected chi connectivity index (χ4v) is 4.53. The fourth-order valence-electron chi connectivity index (χ4n) is 3.74. The van der Waals surface area contributed by atoms with Gasteiger partial charge in [0, 0.05) is 0 Å². The molecule has 0 aromatic heterocycles. The third kappa shape index (κ3) is 20.3. The molecule has 0 bridgehead atoms. The molecule has 174 valence electrons. The molecule has 0 saturated heterocycles. The third-order valence-corrected chi connectivity index (χ3v) is 6.76. The fraction of sp³-hybridized carbons (Fsp3) is 0.957. The molecule has 0 fully saturated rings. The second-order valence-electron chi connectivity index (χ2n) is 8.30. The number of hydrogen-bond donors (Lipinski definition) is 0. The zero-order chi connectivity index (χ0) is 21.8. The van der Waals surface area contributed by atoms with Gasteiger partial charge in [-0.2, -0.15) is 0 Å². The molecule has 0 N–H and O–H groups in total. The van der Waals surface area contributed by atoms with Crippen LogP contribution in [0.15, 0.2) is 0 Å². The molecule has 0 rings (SSSR count). The second kappa shape index (κ2) is 22.6. The Morgan fingerprint density at radius 1 is 0.700 bits per heavy atom. The van der Waals surface area contributed by atoms with Crippen LogP contribution in [0.25, 0.3) is 0 Å². The van der Waals surface area contributed by atoms with Gasteiger partial charge in [0.1, 0.15) is 15.4 Å². The molecule has 0 saturated carbocycles. The van der Waals surface area contributed by atoms with E-state index < -0.39 is 21.3 Å². The van der Waals surface area contributed by atoms with Gasteiger partial charge < -0.3 is 9.29 Å². The molecule has 0 aliphatic heterocycles. The van der Waals surface area contributed by atoms with Gasteiger partial charge in [-0.25, -0.2) is 8.42 Å². The largest absolute Gasteiger partial charge is 1.00 e. The Bertz CT molecular complexity index is 482. The standard InChI is InChI=1S/C23H46O5S.Na/c1-3-4-5-6-7-8-9-10-11-12-13-14-15-16-17-18-19-20-21-22(23(24)28-2)29(25,26)27;/h22H,3-21H2,1-2H3,(H,25,26,27);/q;+1/p-1. The van der Waals surface area contributed by atoms with Gasteiger partial charge in [-0.1, -0.05) is 122 Å². The Morgan fingerprint density at radius 3 is 1.27 bits per heavy atom. The maximum atomic E-state index is 11.4. The van der Waals surface area contributed by atoms with Crippen LogP contribution in [0.4, 0.5) is 0 Å². The average molecular weight is 457 g/mol. The minimum atomic E-state index is -4.62. The van der Waals surface area contributed by atoms with E-state index in [1.54, 1.807) is 0 Å². The third-order valence-electron chi connectivity index (χ3n) is 5.63. The summed E-state index contributed by atoms with van der Waals surface area (Å²) in [5.74, 6) is -0.938. The van der Waals surface area contributed by atoms with E-state index in [4.69, 9.17) is 0 Å². The quantitative estimate of drug-likeness (QED) is 0.114. The van der Waals surface area contributed by atoms with Crippen LogP contribution in [0, 0.1) is 0 Å². The molecule has 0 aromatic carbocycles. The van der Waals surface area contributed by atoms with Gasteiger partial charge in [-0.15, -0.1) is 0 Å². The summed E-state index contributed by atoms with van der Waals surface area (Å²) in [4.78, 5) is 11.4. The smallest absolute Gasteiger partial charge is 0.747 e. The van der Waals surface area contributed by atoms with Gasteiger partial charge in [-0.05, 0) is 6.42 Å². The van der Waals surface area contributed by atoms with Crippen molar-refractivity contribution in [1.29, 1.82) is 0 Å². The average Bonchev–Trinajstić information content (AvgIpc) is 2.68. The first-order valence-corrected chi connectivity index (χ1v) is 13.4. The van der Waals surface area contributed by atoms with Crippen molar-refractivity contribution in [3.63, 3.8) is 0 Å². The van der Waals surface area contributed by atoms with Gasteiger partial charge in [-0.3, -0.25) is 4.79 Å². The summed E-state index contributed by atoms with van der Waals surface area (Å²) >= 11 is 0. The first-order valence-electron chi connectivity index (χ1n) is 12.0. The van der Waals surface area contributed by atoms with E-state index in [2.05, 4.69) is 11.7 Å². The number of unbranched alkanes of at least 4 members (excludes halogenated alkanes) is 17. The van der Waals surface area contributed by atoms with E-state index in [9.17, 15) is 17.8 Å². The minimum absolute atomic E-state index is 0. The van der Waals surface area contributed by atoms with E-state index in [1.165, 1.54) is 89.9 Å². The molecule has 1 atom stereocenters. The Hall–Kier alpha value is 0.380. The summed E-state index contributed by atoms with van der Waals surface area (Å²) < 4.78 is 37.7. The number of hydrogen-bond acceptors (Lipinski definition) is 5. The Labute approximate surface area is 208 Å². The van der Waals surface area contributed by atoms with Crippen LogP contribution in [0.1, 0.15) is 129 Å². The molecular formula is C23H45NaO5S. The predicted molar refractivity (Wildman–Crippen MR) is 119 cm³/mol. The number of esters is 1. The van der Waals surface area contributed by atoms with Crippen molar-refractivity contribution in [2.45, 2.75) is 134 Å². The van der Waals surface area contributed by atoms with Crippen molar-refractivity contribution >= 4 is 16.1 Å². The Kier molecular flexibility index (Phi) is 24.5. The molecule has 0 radical (unpaired) electrons. The summed E-state index contributed by atoms with van der Waals surface area (Å²) in [5.41, 5.74) is 0. The topological polar surface area (TPSA) is 83.5 Å². The SMILES string of the molecule is CCCCCCCCCCCCCCCCCCCCC(C(=O)OC)S(=O)(=O)[O-].[Na+]. The van der Waals surface area contributed by atoms with Gasteiger partial charge in [0.05, 0.1) is 7.11 Å². The Balaban J connectivity index is 0. The van der Waals surface area contributed by atoms with Crippen molar-refractivity contribution in [2.75, 3.05) is 7.11 Å². The van der Waals surface area contributed by atoms with Crippen LogP contribution in [-0.2, 0) is 19.6 Å². The minimum Gasteiger partial charge on any atom is -0.747 e. The molecule has 1 unspecified atom stereocenters. The number of rotatable bonds is 21. The molecule has 0 heterocycles. The number of carbonyl (C=O) groups excluding carboxylic acids is 1. The van der Waals surface area contributed by atoms with Crippen molar-refractivity contribution in [1.82, 2.24) is 0 Å². The van der Waals surface area contributed by atoms with Crippen LogP contribution in [-0.4, -0.2) is 31.3 Å². The number of methoxy groups -OCH3 is 1. The van der Waals surface area contributed by atoms with Crippen molar-refractivity contribution in [2.24, 2.45) is 0 Å². The van der Waals surface area contributed by atoms with Gasteiger partial charge >= 0.3 is 35.5 Å². The number of carbonyl (C=O) groups is 1.